The van der Waals surface area contributed by atoms with E-state index in [0.717, 1.165) is 24.8 Å². The van der Waals surface area contributed by atoms with E-state index in [4.69, 9.17) is 0 Å². The number of H-pyrrole nitrogens is 1. The van der Waals surface area contributed by atoms with Crippen molar-refractivity contribution in [2.45, 2.75) is 25.3 Å². The molecule has 0 unspecified atom stereocenters. The maximum absolute atomic E-state index is 13.1. The number of phenols is 1. The van der Waals surface area contributed by atoms with E-state index < -0.39 is 0 Å². The van der Waals surface area contributed by atoms with Crippen LogP contribution in [0, 0.1) is 0 Å². The van der Waals surface area contributed by atoms with Crippen LogP contribution in [0.15, 0.2) is 54.9 Å². The van der Waals surface area contributed by atoms with Crippen LogP contribution in [0.3, 0.4) is 0 Å². The van der Waals surface area contributed by atoms with E-state index in [1.165, 1.54) is 0 Å². The number of likely N-dealkylation sites (tertiary alicyclic amines) is 1. The fraction of sp³-hybridized carbons (Fsp3) is 0.250. The number of aromatic hydroxyl groups is 1. The van der Waals surface area contributed by atoms with Gasteiger partial charge in [-0.2, -0.15) is 5.10 Å². The first-order valence-electron chi connectivity index (χ1n) is 8.79. The molecule has 3 aromatic rings. The van der Waals surface area contributed by atoms with Gasteiger partial charge in [-0.25, -0.2) is 0 Å². The van der Waals surface area contributed by atoms with Gasteiger partial charge < -0.3 is 10.0 Å². The number of aromatic amines is 1. The third-order valence-electron chi connectivity index (χ3n) is 4.82. The zero-order valence-electron chi connectivity index (χ0n) is 14.3. The van der Waals surface area contributed by atoms with Crippen LogP contribution in [0.25, 0.3) is 11.3 Å². The van der Waals surface area contributed by atoms with Crippen LogP contribution in [-0.2, 0) is 0 Å². The fourth-order valence-corrected chi connectivity index (χ4v) is 3.51. The minimum atomic E-state index is -0.0762. The molecular formula is C20H20N4O2. The molecule has 1 atom stereocenters. The Balaban J connectivity index is 1.61. The molecule has 3 heterocycles. The highest BCUT2D eigenvalue weighted by Crippen LogP contribution is 2.32. The van der Waals surface area contributed by atoms with Crippen molar-refractivity contribution in [3.8, 4) is 17.0 Å². The molecule has 4 rings (SSSR count). The summed E-state index contributed by atoms with van der Waals surface area (Å²) in [6, 6.07) is 12.6. The maximum atomic E-state index is 13.1. The summed E-state index contributed by atoms with van der Waals surface area (Å²) in [6.45, 7) is 0.712. The lowest BCUT2D eigenvalue weighted by molar-refractivity contribution is 0.0605. The highest BCUT2D eigenvalue weighted by molar-refractivity contribution is 5.94. The first-order chi connectivity index (χ1) is 12.7. The molecule has 6 heteroatoms. The summed E-state index contributed by atoms with van der Waals surface area (Å²) >= 11 is 0. The van der Waals surface area contributed by atoms with Gasteiger partial charge in [0.25, 0.3) is 5.91 Å². The van der Waals surface area contributed by atoms with Gasteiger partial charge in [0, 0.05) is 24.5 Å². The van der Waals surface area contributed by atoms with Gasteiger partial charge in [-0.15, -0.1) is 0 Å². The van der Waals surface area contributed by atoms with Crippen LogP contribution >= 0.6 is 0 Å². The van der Waals surface area contributed by atoms with Gasteiger partial charge in [0.05, 0.1) is 11.7 Å². The number of para-hydroxylation sites is 1. The Kier molecular flexibility index (Phi) is 4.39. The first-order valence-corrected chi connectivity index (χ1v) is 8.79. The predicted molar refractivity (Wildman–Crippen MR) is 97.6 cm³/mol. The summed E-state index contributed by atoms with van der Waals surface area (Å²) in [5, 5.41) is 17.0. The molecule has 0 spiro atoms. The van der Waals surface area contributed by atoms with E-state index in [9.17, 15) is 9.90 Å². The van der Waals surface area contributed by atoms with Crippen molar-refractivity contribution in [2.24, 2.45) is 0 Å². The highest BCUT2D eigenvalue weighted by atomic mass is 16.3. The zero-order valence-corrected chi connectivity index (χ0v) is 14.3. The van der Waals surface area contributed by atoms with Crippen LogP contribution in [0.5, 0.6) is 5.75 Å². The van der Waals surface area contributed by atoms with Gasteiger partial charge in [-0.1, -0.05) is 18.2 Å². The number of carbonyl (C=O) groups excluding carboxylic acids is 1. The molecule has 0 aliphatic carbocycles. The molecule has 2 N–H and O–H groups in total. The molecular weight excluding hydrogens is 328 g/mol. The lowest BCUT2D eigenvalue weighted by Crippen LogP contribution is -2.38. The topological polar surface area (TPSA) is 82.1 Å². The molecule has 6 nitrogen and oxygen atoms in total. The predicted octanol–water partition coefficient (Wildman–Crippen LogP) is 3.54. The summed E-state index contributed by atoms with van der Waals surface area (Å²) in [5.41, 5.74) is 2.65. The minimum absolute atomic E-state index is 0.0295. The van der Waals surface area contributed by atoms with E-state index in [-0.39, 0.29) is 17.7 Å². The first kappa shape index (κ1) is 16.3. The van der Waals surface area contributed by atoms with E-state index in [0.29, 0.717) is 23.5 Å². The summed E-state index contributed by atoms with van der Waals surface area (Å²) in [4.78, 5) is 19.2. The number of piperidine rings is 1. The molecule has 1 aliphatic rings. The number of benzene rings is 1. The second kappa shape index (κ2) is 7.00. The van der Waals surface area contributed by atoms with Gasteiger partial charge in [-0.3, -0.25) is 14.9 Å². The molecule has 1 amide bonds. The highest BCUT2D eigenvalue weighted by Gasteiger charge is 2.30. The summed E-state index contributed by atoms with van der Waals surface area (Å²) in [5.74, 6) is 0.0666. The number of phenolic OH excluding ortho intramolecular Hbond substituents is 1. The second-order valence-electron chi connectivity index (χ2n) is 6.48. The van der Waals surface area contributed by atoms with E-state index in [2.05, 4.69) is 15.2 Å². The SMILES string of the molecule is O=C(c1cc(-c2ccccc2O)n[nH]1)N1CCCC[C@H]1c1cccnc1. The average molecular weight is 348 g/mol. The molecule has 0 radical (unpaired) electrons. The second-order valence-corrected chi connectivity index (χ2v) is 6.48. The minimum Gasteiger partial charge on any atom is -0.507 e. The van der Waals surface area contributed by atoms with Crippen LogP contribution < -0.4 is 0 Å². The number of nitrogens with zero attached hydrogens (tertiary/aromatic N) is 3. The van der Waals surface area contributed by atoms with Crippen molar-refractivity contribution in [1.82, 2.24) is 20.1 Å². The molecule has 0 saturated carbocycles. The Morgan fingerprint density at radius 3 is 2.88 bits per heavy atom. The lowest BCUT2D eigenvalue weighted by Gasteiger charge is -2.35. The number of carbonyl (C=O) groups is 1. The van der Waals surface area contributed by atoms with Crippen molar-refractivity contribution in [3.63, 3.8) is 0 Å². The monoisotopic (exact) mass is 348 g/mol. The van der Waals surface area contributed by atoms with E-state index in [1.807, 2.05) is 29.3 Å². The third kappa shape index (κ3) is 3.06. The number of amides is 1. The maximum Gasteiger partial charge on any atom is 0.272 e. The van der Waals surface area contributed by atoms with Gasteiger partial charge in [0.1, 0.15) is 11.4 Å². The lowest BCUT2D eigenvalue weighted by atomic mass is 9.96. The van der Waals surface area contributed by atoms with Crippen LogP contribution in [-0.4, -0.2) is 37.6 Å². The van der Waals surface area contributed by atoms with Crippen LogP contribution in [0.1, 0.15) is 41.4 Å². The summed E-state index contributed by atoms with van der Waals surface area (Å²) in [7, 11) is 0. The Labute approximate surface area is 151 Å². The summed E-state index contributed by atoms with van der Waals surface area (Å²) in [6.07, 6.45) is 6.58. The average Bonchev–Trinajstić information content (AvgIpc) is 3.18. The van der Waals surface area contributed by atoms with Gasteiger partial charge in [-0.05, 0) is 49.1 Å². The Morgan fingerprint density at radius 2 is 2.08 bits per heavy atom. The number of rotatable bonds is 3. The normalized spacial score (nSPS) is 17.2. The van der Waals surface area contributed by atoms with Crippen molar-refractivity contribution in [2.75, 3.05) is 6.54 Å². The van der Waals surface area contributed by atoms with Crippen molar-refractivity contribution in [3.05, 3.63) is 66.1 Å². The molecule has 1 aliphatic heterocycles. The standard InChI is InChI=1S/C20H20N4O2/c25-19-9-2-1-7-15(19)16-12-17(23-22-16)20(26)24-11-4-3-8-18(24)14-6-5-10-21-13-14/h1-2,5-7,9-10,12-13,18,25H,3-4,8,11H2,(H,22,23)/t18-/m0/s1. The number of hydrogen-bond donors (Lipinski definition) is 2. The number of nitrogens with one attached hydrogen (secondary N) is 1. The van der Waals surface area contributed by atoms with Crippen molar-refractivity contribution >= 4 is 5.91 Å². The molecule has 26 heavy (non-hydrogen) atoms. The number of pyridine rings is 1. The fourth-order valence-electron chi connectivity index (χ4n) is 3.51. The molecule has 0 bridgehead atoms. The van der Waals surface area contributed by atoms with Crippen molar-refractivity contribution < 1.29 is 9.90 Å². The zero-order chi connectivity index (χ0) is 17.9. The Morgan fingerprint density at radius 1 is 1.19 bits per heavy atom. The quantitative estimate of drug-likeness (QED) is 0.758. The molecule has 1 saturated heterocycles. The van der Waals surface area contributed by atoms with Crippen molar-refractivity contribution in [1.29, 1.82) is 0 Å². The molecule has 2 aromatic heterocycles. The van der Waals surface area contributed by atoms with E-state index >= 15 is 0 Å². The largest absolute Gasteiger partial charge is 0.507 e. The molecule has 1 aromatic carbocycles. The smallest absolute Gasteiger partial charge is 0.272 e. The molecule has 132 valence electrons. The molecule has 1 fully saturated rings. The number of hydrogen-bond acceptors (Lipinski definition) is 4. The Bertz CT molecular complexity index is 907. The van der Waals surface area contributed by atoms with E-state index in [1.54, 1.807) is 30.5 Å². The Hall–Kier alpha value is -3.15. The third-order valence-corrected chi connectivity index (χ3v) is 4.82. The van der Waals surface area contributed by atoms with Crippen LogP contribution in [0.4, 0.5) is 0 Å². The van der Waals surface area contributed by atoms with Gasteiger partial charge in [0.15, 0.2) is 0 Å². The van der Waals surface area contributed by atoms with Crippen LogP contribution in [0.2, 0.25) is 0 Å². The van der Waals surface area contributed by atoms with Gasteiger partial charge in [0.2, 0.25) is 0 Å². The number of aromatic nitrogens is 3. The van der Waals surface area contributed by atoms with Gasteiger partial charge >= 0.3 is 0 Å². The summed E-state index contributed by atoms with van der Waals surface area (Å²) < 4.78 is 0.